The quantitative estimate of drug-likeness (QED) is 0.223. The molecule has 0 unspecified atom stereocenters. The number of halogens is 3. The van der Waals surface area contributed by atoms with Gasteiger partial charge in [0.1, 0.15) is 5.71 Å². The van der Waals surface area contributed by atoms with E-state index in [0.29, 0.717) is 24.5 Å². The number of allylic oxidation sites excluding steroid dienone is 2. The Labute approximate surface area is 203 Å². The molecule has 9 heteroatoms. The van der Waals surface area contributed by atoms with Gasteiger partial charge < -0.3 is 15.0 Å². The average molecular weight is 495 g/mol. The van der Waals surface area contributed by atoms with Crippen LogP contribution in [0, 0.1) is 11.8 Å². The topological polar surface area (TPSA) is 49.2 Å². The summed E-state index contributed by atoms with van der Waals surface area (Å²) in [5.41, 5.74) is 2.25. The van der Waals surface area contributed by atoms with Crippen LogP contribution in [0.4, 0.5) is 13.2 Å². The summed E-state index contributed by atoms with van der Waals surface area (Å²) < 4.78 is 44.2. The summed E-state index contributed by atoms with van der Waals surface area (Å²) in [5.74, 6) is 3.34. The Balaban J connectivity index is 1.21. The third-order valence-corrected chi connectivity index (χ3v) is 8.08. The highest BCUT2D eigenvalue weighted by Gasteiger charge is 2.43. The van der Waals surface area contributed by atoms with Gasteiger partial charge in [-0.1, -0.05) is 12.1 Å². The van der Waals surface area contributed by atoms with Crippen LogP contribution in [-0.2, 0) is 10.9 Å². The maximum Gasteiger partial charge on any atom is 0.416 e. The second-order valence-electron chi connectivity index (χ2n) is 9.41. The van der Waals surface area contributed by atoms with Crippen LogP contribution in [0.1, 0.15) is 57.1 Å². The first-order chi connectivity index (χ1) is 16.2. The normalized spacial score (nSPS) is 26.1. The van der Waals surface area contributed by atoms with E-state index in [1.165, 1.54) is 18.6 Å². The van der Waals surface area contributed by atoms with Crippen molar-refractivity contribution in [2.75, 3.05) is 32.1 Å². The van der Waals surface area contributed by atoms with Gasteiger partial charge in [-0.3, -0.25) is 0 Å². The standard InChI is InChI=1S/C25H33F3N4OS/c1-16-24(33-15-29-16)17(2)30-31-18(3)34-12-4-11-32-13-20-7-10-22(23(20)14-32)19-5-8-21(9-6-19)25(26,27)28/h5-6,8-9,20,22-23,29H,4,7,10-15H2,1-3H3/b30-17+,31-18+/t20-,22-,23+/m1/s1. The second kappa shape index (κ2) is 10.7. The Bertz CT molecular complexity index is 958. The number of benzene rings is 1. The Morgan fingerprint density at radius 1 is 1.15 bits per heavy atom. The summed E-state index contributed by atoms with van der Waals surface area (Å²) in [4.78, 5) is 2.53. The number of likely N-dealkylation sites (tertiary alicyclic amines) is 1. The van der Waals surface area contributed by atoms with E-state index >= 15 is 0 Å². The number of ether oxygens (including phenoxy) is 1. The molecule has 0 spiro atoms. The Morgan fingerprint density at radius 2 is 1.91 bits per heavy atom. The molecule has 2 fully saturated rings. The summed E-state index contributed by atoms with van der Waals surface area (Å²) in [6, 6.07) is 5.85. The van der Waals surface area contributed by atoms with Crippen molar-refractivity contribution in [1.29, 1.82) is 0 Å². The molecule has 3 aliphatic rings. The van der Waals surface area contributed by atoms with Crippen LogP contribution >= 0.6 is 11.8 Å². The molecule has 3 atom stereocenters. The van der Waals surface area contributed by atoms with Crippen LogP contribution in [0.25, 0.3) is 0 Å². The van der Waals surface area contributed by atoms with E-state index in [-0.39, 0.29) is 0 Å². The van der Waals surface area contributed by atoms with Crippen molar-refractivity contribution in [3.63, 3.8) is 0 Å². The molecule has 0 radical (unpaired) electrons. The lowest BCUT2D eigenvalue weighted by atomic mass is 9.86. The molecule has 5 nitrogen and oxygen atoms in total. The van der Waals surface area contributed by atoms with Crippen molar-refractivity contribution >= 4 is 22.5 Å². The van der Waals surface area contributed by atoms with E-state index in [1.54, 1.807) is 23.9 Å². The van der Waals surface area contributed by atoms with Gasteiger partial charge in [-0.2, -0.15) is 18.3 Å². The predicted octanol–water partition coefficient (Wildman–Crippen LogP) is 5.86. The molecule has 1 aliphatic carbocycles. The van der Waals surface area contributed by atoms with Crippen molar-refractivity contribution in [1.82, 2.24) is 10.2 Å². The maximum atomic E-state index is 12.9. The van der Waals surface area contributed by atoms with Gasteiger partial charge in [-0.05, 0) is 82.0 Å². The van der Waals surface area contributed by atoms with Crippen LogP contribution in [-0.4, -0.2) is 47.8 Å². The molecule has 0 bridgehead atoms. The third kappa shape index (κ3) is 5.97. The van der Waals surface area contributed by atoms with Crippen LogP contribution in [0.15, 0.2) is 45.9 Å². The molecule has 1 saturated carbocycles. The Morgan fingerprint density at radius 3 is 2.59 bits per heavy atom. The first kappa shape index (κ1) is 25.1. The molecule has 1 aromatic rings. The fourth-order valence-corrected chi connectivity index (χ4v) is 6.05. The van der Waals surface area contributed by atoms with Crippen molar-refractivity contribution in [3.05, 3.63) is 46.8 Å². The smallest absolute Gasteiger partial charge is 0.416 e. The van der Waals surface area contributed by atoms with Crippen LogP contribution < -0.4 is 5.32 Å². The largest absolute Gasteiger partial charge is 0.470 e. The summed E-state index contributed by atoms with van der Waals surface area (Å²) in [5, 5.41) is 12.7. The first-order valence-corrected chi connectivity index (χ1v) is 12.9. The third-order valence-electron chi connectivity index (χ3n) is 7.09. The van der Waals surface area contributed by atoms with Gasteiger partial charge in [0.05, 0.1) is 16.3 Å². The fourth-order valence-electron chi connectivity index (χ4n) is 5.38. The van der Waals surface area contributed by atoms with Crippen LogP contribution in [0.5, 0.6) is 0 Å². The van der Waals surface area contributed by atoms with E-state index in [1.807, 2.05) is 20.8 Å². The molecule has 0 amide bonds. The van der Waals surface area contributed by atoms with Gasteiger partial charge in [0.2, 0.25) is 0 Å². The van der Waals surface area contributed by atoms with Gasteiger partial charge in [-0.15, -0.1) is 16.9 Å². The number of thioether (sulfide) groups is 1. The molecule has 34 heavy (non-hydrogen) atoms. The highest BCUT2D eigenvalue weighted by Crippen LogP contribution is 2.47. The molecule has 1 N–H and O–H groups in total. The second-order valence-corrected chi connectivity index (χ2v) is 10.7. The van der Waals surface area contributed by atoms with Crippen LogP contribution in [0.3, 0.4) is 0 Å². The molecule has 1 aromatic carbocycles. The minimum atomic E-state index is -4.27. The number of alkyl halides is 3. The van der Waals surface area contributed by atoms with Gasteiger partial charge >= 0.3 is 6.18 Å². The maximum absolute atomic E-state index is 12.9. The molecule has 0 aromatic heterocycles. The number of hydrogen-bond acceptors (Lipinski definition) is 6. The summed E-state index contributed by atoms with van der Waals surface area (Å²) in [6.07, 6.45) is -0.953. The number of hydrogen-bond donors (Lipinski definition) is 1. The van der Waals surface area contributed by atoms with Crippen LogP contribution in [0.2, 0.25) is 0 Å². The number of nitrogens with zero attached hydrogens (tertiary/aromatic N) is 3. The lowest BCUT2D eigenvalue weighted by Gasteiger charge is -2.21. The molecule has 1 saturated heterocycles. The first-order valence-electron chi connectivity index (χ1n) is 11.9. The molecule has 186 valence electrons. The van der Waals surface area contributed by atoms with Gasteiger partial charge in [-0.25, -0.2) is 0 Å². The fraction of sp³-hybridized carbons (Fsp3) is 0.600. The van der Waals surface area contributed by atoms with Crippen molar-refractivity contribution in [2.24, 2.45) is 22.0 Å². The molecular weight excluding hydrogens is 461 g/mol. The lowest BCUT2D eigenvalue weighted by molar-refractivity contribution is -0.137. The van der Waals surface area contributed by atoms with Crippen molar-refractivity contribution in [2.45, 2.75) is 52.1 Å². The Hall–Kier alpha value is -2.00. The number of rotatable bonds is 7. The van der Waals surface area contributed by atoms with E-state index in [4.69, 9.17) is 4.74 Å². The zero-order chi connectivity index (χ0) is 24.3. The van der Waals surface area contributed by atoms with E-state index in [9.17, 15) is 13.2 Å². The Kier molecular flexibility index (Phi) is 7.92. The molecule has 4 rings (SSSR count). The highest BCUT2D eigenvalue weighted by molar-refractivity contribution is 8.13. The van der Waals surface area contributed by atoms with E-state index < -0.39 is 11.7 Å². The zero-order valence-electron chi connectivity index (χ0n) is 20.0. The number of fused-ring (bicyclic) bond motifs is 1. The number of nitrogens with one attached hydrogen (secondary N) is 1. The van der Waals surface area contributed by atoms with Gasteiger partial charge in [0.15, 0.2) is 12.5 Å². The predicted molar refractivity (Wildman–Crippen MR) is 132 cm³/mol. The van der Waals surface area contributed by atoms with E-state index in [0.717, 1.165) is 66.0 Å². The summed E-state index contributed by atoms with van der Waals surface area (Å²) in [6.45, 7) is 9.51. The van der Waals surface area contributed by atoms with Crippen molar-refractivity contribution in [3.8, 4) is 0 Å². The molecular formula is C25H33F3N4OS. The average Bonchev–Trinajstić information content (AvgIpc) is 3.50. The highest BCUT2D eigenvalue weighted by atomic mass is 32.2. The molecule has 2 heterocycles. The van der Waals surface area contributed by atoms with Gasteiger partial charge in [0.25, 0.3) is 0 Å². The SMILES string of the molecule is CC1=C(/C(C)=N/N=C(\C)SCCCN2C[C@H]3CC[C@H](c4ccc(C(F)(F)F)cc4)[C@H]3C2)OCN1. The summed E-state index contributed by atoms with van der Waals surface area (Å²) >= 11 is 1.72. The van der Waals surface area contributed by atoms with Crippen molar-refractivity contribution < 1.29 is 17.9 Å². The van der Waals surface area contributed by atoms with Gasteiger partial charge in [0, 0.05) is 18.8 Å². The minimum absolute atomic E-state index is 0.375. The summed E-state index contributed by atoms with van der Waals surface area (Å²) in [7, 11) is 0. The van der Waals surface area contributed by atoms with E-state index in [2.05, 4.69) is 20.4 Å². The molecule has 2 aliphatic heterocycles. The zero-order valence-corrected chi connectivity index (χ0v) is 20.8. The minimum Gasteiger partial charge on any atom is -0.470 e. The monoisotopic (exact) mass is 494 g/mol. The lowest BCUT2D eigenvalue weighted by Crippen LogP contribution is -2.24.